The summed E-state index contributed by atoms with van der Waals surface area (Å²) in [5.41, 5.74) is 1.06. The Kier molecular flexibility index (Phi) is 4.19. The Balaban J connectivity index is 1.97. The van der Waals surface area contributed by atoms with Crippen molar-refractivity contribution in [3.05, 3.63) is 51.7 Å². The van der Waals surface area contributed by atoms with Gasteiger partial charge in [0, 0.05) is 22.4 Å². The van der Waals surface area contributed by atoms with Gasteiger partial charge in [-0.3, -0.25) is 0 Å². The molecule has 0 aliphatic heterocycles. The largest absolute Gasteiger partial charge is 0.489 e. The first kappa shape index (κ1) is 12.2. The Labute approximate surface area is 114 Å². The van der Waals surface area contributed by atoms with Crippen molar-refractivity contribution in [2.24, 2.45) is 0 Å². The second kappa shape index (κ2) is 5.86. The van der Waals surface area contributed by atoms with E-state index in [2.05, 4.69) is 32.9 Å². The maximum atomic E-state index is 5.68. The van der Waals surface area contributed by atoms with Gasteiger partial charge in [0.15, 0.2) is 0 Å². The number of nitrogens with one attached hydrogen (secondary N) is 1. The Morgan fingerprint density at radius 1 is 1.29 bits per heavy atom. The van der Waals surface area contributed by atoms with Crippen molar-refractivity contribution in [1.82, 2.24) is 4.98 Å². The van der Waals surface area contributed by atoms with E-state index in [4.69, 9.17) is 4.74 Å². The molecule has 0 aliphatic carbocycles. The van der Waals surface area contributed by atoms with Crippen LogP contribution in [0.25, 0.3) is 0 Å². The lowest BCUT2D eigenvalue weighted by atomic mass is 10.3. The highest BCUT2D eigenvalue weighted by atomic mass is 127. The van der Waals surface area contributed by atoms with Crippen LogP contribution in [0.4, 0.5) is 5.82 Å². The molecule has 0 saturated heterocycles. The molecule has 88 valence electrons. The van der Waals surface area contributed by atoms with Crippen LogP contribution in [-0.4, -0.2) is 12.0 Å². The zero-order chi connectivity index (χ0) is 12.1. The molecule has 1 aromatic carbocycles. The minimum Gasteiger partial charge on any atom is -0.489 e. The molecule has 0 radical (unpaired) electrons. The molecule has 1 N–H and O–H groups in total. The number of pyridine rings is 1. The van der Waals surface area contributed by atoms with Gasteiger partial charge in [-0.2, -0.15) is 0 Å². The first-order chi connectivity index (χ1) is 8.28. The number of ether oxygens (including phenoxy) is 1. The molecular formula is C13H13IN2O. The predicted octanol–water partition coefficient (Wildman–Crippen LogP) is 3.31. The summed E-state index contributed by atoms with van der Waals surface area (Å²) in [5, 5.41) is 2.98. The zero-order valence-electron chi connectivity index (χ0n) is 9.48. The maximum Gasteiger partial charge on any atom is 0.125 e. The van der Waals surface area contributed by atoms with Crippen LogP contribution in [-0.2, 0) is 6.61 Å². The first-order valence-corrected chi connectivity index (χ1v) is 6.37. The summed E-state index contributed by atoms with van der Waals surface area (Å²) in [6.07, 6.45) is 1.82. The third kappa shape index (κ3) is 3.59. The number of hydrogen-bond acceptors (Lipinski definition) is 3. The quantitative estimate of drug-likeness (QED) is 0.868. The summed E-state index contributed by atoms with van der Waals surface area (Å²) in [4.78, 5) is 4.23. The summed E-state index contributed by atoms with van der Waals surface area (Å²) >= 11 is 2.27. The van der Waals surface area contributed by atoms with Crippen molar-refractivity contribution < 1.29 is 4.74 Å². The molecule has 2 rings (SSSR count). The molecule has 0 saturated carbocycles. The predicted molar refractivity (Wildman–Crippen MR) is 77.3 cm³/mol. The van der Waals surface area contributed by atoms with Crippen LogP contribution in [0.1, 0.15) is 5.56 Å². The minimum atomic E-state index is 0.539. The number of hydrogen-bond donors (Lipinski definition) is 1. The molecule has 1 heterocycles. The molecule has 0 fully saturated rings. The molecule has 0 aliphatic rings. The zero-order valence-corrected chi connectivity index (χ0v) is 11.6. The average Bonchev–Trinajstić information content (AvgIpc) is 2.37. The van der Waals surface area contributed by atoms with Gasteiger partial charge in [-0.25, -0.2) is 4.98 Å². The van der Waals surface area contributed by atoms with E-state index in [0.29, 0.717) is 6.61 Å². The molecule has 17 heavy (non-hydrogen) atoms. The van der Waals surface area contributed by atoms with Crippen LogP contribution in [0.15, 0.2) is 42.6 Å². The lowest BCUT2D eigenvalue weighted by Crippen LogP contribution is -1.98. The first-order valence-electron chi connectivity index (χ1n) is 5.29. The Morgan fingerprint density at radius 2 is 2.18 bits per heavy atom. The van der Waals surface area contributed by atoms with Crippen molar-refractivity contribution in [1.29, 1.82) is 0 Å². The highest BCUT2D eigenvalue weighted by Crippen LogP contribution is 2.16. The fourth-order valence-electron chi connectivity index (χ4n) is 1.38. The van der Waals surface area contributed by atoms with Gasteiger partial charge in [0.1, 0.15) is 18.2 Å². The summed E-state index contributed by atoms with van der Waals surface area (Å²) < 4.78 is 6.85. The second-order valence-corrected chi connectivity index (χ2v) is 4.79. The summed E-state index contributed by atoms with van der Waals surface area (Å²) in [6, 6.07) is 11.9. The van der Waals surface area contributed by atoms with E-state index in [-0.39, 0.29) is 0 Å². The van der Waals surface area contributed by atoms with E-state index >= 15 is 0 Å². The number of rotatable bonds is 4. The van der Waals surface area contributed by atoms with E-state index < -0.39 is 0 Å². The Bertz CT molecular complexity index is 485. The van der Waals surface area contributed by atoms with Gasteiger partial charge in [0.2, 0.25) is 0 Å². The lowest BCUT2D eigenvalue weighted by Gasteiger charge is -2.07. The van der Waals surface area contributed by atoms with E-state index in [1.165, 1.54) is 3.57 Å². The SMILES string of the molecule is CNc1ccc(COc2cccc(I)c2)cn1. The number of anilines is 1. The van der Waals surface area contributed by atoms with Crippen LogP contribution >= 0.6 is 22.6 Å². The smallest absolute Gasteiger partial charge is 0.125 e. The van der Waals surface area contributed by atoms with Gasteiger partial charge < -0.3 is 10.1 Å². The van der Waals surface area contributed by atoms with Gasteiger partial charge in [-0.15, -0.1) is 0 Å². The van der Waals surface area contributed by atoms with E-state index in [1.807, 2.05) is 49.6 Å². The monoisotopic (exact) mass is 340 g/mol. The van der Waals surface area contributed by atoms with Crippen LogP contribution in [0.3, 0.4) is 0 Å². The minimum absolute atomic E-state index is 0.539. The topological polar surface area (TPSA) is 34.1 Å². The fraction of sp³-hybridized carbons (Fsp3) is 0.154. The molecule has 0 atom stereocenters. The van der Waals surface area contributed by atoms with Gasteiger partial charge >= 0.3 is 0 Å². The van der Waals surface area contributed by atoms with E-state index in [1.54, 1.807) is 0 Å². The van der Waals surface area contributed by atoms with E-state index in [0.717, 1.165) is 17.1 Å². The van der Waals surface area contributed by atoms with Crippen molar-refractivity contribution in [3.63, 3.8) is 0 Å². The van der Waals surface area contributed by atoms with Crippen molar-refractivity contribution in [2.75, 3.05) is 12.4 Å². The third-order valence-electron chi connectivity index (χ3n) is 2.28. The highest BCUT2D eigenvalue weighted by molar-refractivity contribution is 14.1. The Morgan fingerprint density at radius 3 is 2.82 bits per heavy atom. The molecule has 4 heteroatoms. The molecule has 3 nitrogen and oxygen atoms in total. The standard InChI is InChI=1S/C13H13IN2O/c1-15-13-6-5-10(8-16-13)9-17-12-4-2-3-11(14)7-12/h2-8H,9H2,1H3,(H,15,16). The number of aromatic nitrogens is 1. The summed E-state index contributed by atoms with van der Waals surface area (Å²) in [6.45, 7) is 0.539. The highest BCUT2D eigenvalue weighted by Gasteiger charge is 1.97. The van der Waals surface area contributed by atoms with Crippen LogP contribution in [0.5, 0.6) is 5.75 Å². The van der Waals surface area contributed by atoms with Crippen LogP contribution in [0.2, 0.25) is 0 Å². The van der Waals surface area contributed by atoms with Crippen molar-refractivity contribution in [3.8, 4) is 5.75 Å². The lowest BCUT2D eigenvalue weighted by molar-refractivity contribution is 0.305. The van der Waals surface area contributed by atoms with Crippen LogP contribution in [0, 0.1) is 3.57 Å². The summed E-state index contributed by atoms with van der Waals surface area (Å²) in [7, 11) is 1.85. The summed E-state index contributed by atoms with van der Waals surface area (Å²) in [5.74, 6) is 1.75. The second-order valence-electron chi connectivity index (χ2n) is 3.55. The third-order valence-corrected chi connectivity index (χ3v) is 2.95. The molecule has 1 aromatic heterocycles. The van der Waals surface area contributed by atoms with Crippen molar-refractivity contribution >= 4 is 28.4 Å². The van der Waals surface area contributed by atoms with Gasteiger partial charge in [-0.1, -0.05) is 12.1 Å². The Hall–Kier alpha value is -1.30. The van der Waals surface area contributed by atoms with Gasteiger partial charge in [-0.05, 0) is 46.9 Å². The molecule has 2 aromatic rings. The fourth-order valence-corrected chi connectivity index (χ4v) is 1.90. The molecular weight excluding hydrogens is 327 g/mol. The number of nitrogens with zero attached hydrogens (tertiary/aromatic N) is 1. The van der Waals surface area contributed by atoms with E-state index in [9.17, 15) is 0 Å². The van der Waals surface area contributed by atoms with Gasteiger partial charge in [0.25, 0.3) is 0 Å². The molecule has 0 bridgehead atoms. The van der Waals surface area contributed by atoms with Crippen LogP contribution < -0.4 is 10.1 Å². The molecule has 0 spiro atoms. The average molecular weight is 340 g/mol. The number of halogens is 1. The van der Waals surface area contributed by atoms with Crippen molar-refractivity contribution in [2.45, 2.75) is 6.61 Å². The maximum absolute atomic E-state index is 5.68. The molecule has 0 amide bonds. The normalized spacial score (nSPS) is 10.0. The number of benzene rings is 1. The van der Waals surface area contributed by atoms with Gasteiger partial charge in [0.05, 0.1) is 0 Å². The molecule has 0 unspecified atom stereocenters.